The molecule has 1 aliphatic heterocycles. The Balaban J connectivity index is 1.54. The zero-order valence-corrected chi connectivity index (χ0v) is 18.3. The van der Waals surface area contributed by atoms with Crippen LogP contribution in [0.4, 0.5) is 10.1 Å². The minimum Gasteiger partial charge on any atom is -0.423 e. The maximum Gasteiger partial charge on any atom is 0.349 e. The van der Waals surface area contributed by atoms with Gasteiger partial charge in [0, 0.05) is 44.3 Å². The number of benzene rings is 3. The molecule has 7 heteroatoms. The zero-order chi connectivity index (χ0) is 22.9. The van der Waals surface area contributed by atoms with Gasteiger partial charge in [-0.15, -0.1) is 0 Å². The summed E-state index contributed by atoms with van der Waals surface area (Å²) >= 11 is 0. The van der Waals surface area contributed by atoms with Crippen molar-refractivity contribution in [3.8, 4) is 5.75 Å². The van der Waals surface area contributed by atoms with Crippen LogP contribution in [-0.2, 0) is 6.54 Å². The SMILES string of the molecule is CCn1cc(C(=O)Oc2ccc3ccccc3c2)c(=O)c2cc(F)c(N3CCNCC3)cc21. The van der Waals surface area contributed by atoms with Gasteiger partial charge < -0.3 is 19.5 Å². The number of aromatic nitrogens is 1. The molecule has 1 aromatic heterocycles. The molecule has 3 aromatic carbocycles. The van der Waals surface area contributed by atoms with Crippen molar-refractivity contribution in [1.29, 1.82) is 0 Å². The number of nitrogens with one attached hydrogen (secondary N) is 1. The van der Waals surface area contributed by atoms with Crippen molar-refractivity contribution in [2.24, 2.45) is 0 Å². The number of carbonyl (C=O) groups excluding carboxylic acids is 1. The molecule has 0 saturated carbocycles. The largest absolute Gasteiger partial charge is 0.423 e. The van der Waals surface area contributed by atoms with Crippen molar-refractivity contribution < 1.29 is 13.9 Å². The lowest BCUT2D eigenvalue weighted by Gasteiger charge is -2.30. The molecule has 1 fully saturated rings. The van der Waals surface area contributed by atoms with E-state index in [1.807, 2.05) is 42.2 Å². The standard InChI is InChI=1S/C26H24FN3O3/c1-2-29-16-21(26(32)33-19-8-7-17-5-3-4-6-18(17)13-19)25(31)20-14-22(27)24(15-23(20)29)30-11-9-28-10-12-30/h3-8,13-16,28H,2,9-12H2,1H3. The van der Waals surface area contributed by atoms with Crippen LogP contribution in [0.1, 0.15) is 17.3 Å². The summed E-state index contributed by atoms with van der Waals surface area (Å²) in [6.07, 6.45) is 1.51. The number of esters is 1. The Morgan fingerprint density at radius 2 is 1.82 bits per heavy atom. The lowest BCUT2D eigenvalue weighted by molar-refractivity contribution is 0.0733. The first-order valence-electron chi connectivity index (χ1n) is 11.1. The lowest BCUT2D eigenvalue weighted by Crippen LogP contribution is -2.43. The molecular formula is C26H24FN3O3. The summed E-state index contributed by atoms with van der Waals surface area (Å²) < 4.78 is 22.3. The molecule has 5 rings (SSSR count). The van der Waals surface area contributed by atoms with Crippen molar-refractivity contribution in [3.63, 3.8) is 0 Å². The van der Waals surface area contributed by atoms with E-state index in [0.717, 1.165) is 23.9 Å². The molecule has 33 heavy (non-hydrogen) atoms. The Morgan fingerprint density at radius 3 is 2.58 bits per heavy atom. The summed E-state index contributed by atoms with van der Waals surface area (Å²) in [5.74, 6) is -0.878. The van der Waals surface area contributed by atoms with Crippen LogP contribution in [-0.4, -0.2) is 36.7 Å². The molecule has 0 radical (unpaired) electrons. The summed E-state index contributed by atoms with van der Waals surface area (Å²) in [5.41, 5.74) is 0.412. The third kappa shape index (κ3) is 3.96. The predicted octanol–water partition coefficient (Wildman–Crippen LogP) is 3.94. The second kappa shape index (κ2) is 8.67. The third-order valence-electron chi connectivity index (χ3n) is 6.10. The Hall–Kier alpha value is -3.71. The minimum atomic E-state index is -0.758. The number of hydrogen-bond acceptors (Lipinski definition) is 5. The molecular weight excluding hydrogens is 421 g/mol. The topological polar surface area (TPSA) is 63.6 Å². The zero-order valence-electron chi connectivity index (χ0n) is 18.3. The summed E-state index contributed by atoms with van der Waals surface area (Å²) in [6.45, 7) is 5.36. The molecule has 1 aliphatic rings. The minimum absolute atomic E-state index is 0.119. The van der Waals surface area contributed by atoms with Crippen LogP contribution in [0.3, 0.4) is 0 Å². The van der Waals surface area contributed by atoms with Gasteiger partial charge in [0.25, 0.3) is 0 Å². The number of halogens is 1. The highest BCUT2D eigenvalue weighted by atomic mass is 19.1. The number of anilines is 1. The van der Waals surface area contributed by atoms with Crippen LogP contribution in [0, 0.1) is 5.82 Å². The van der Waals surface area contributed by atoms with Crippen molar-refractivity contribution in [2.45, 2.75) is 13.5 Å². The molecule has 0 bridgehead atoms. The fraction of sp³-hybridized carbons (Fsp3) is 0.231. The van der Waals surface area contributed by atoms with E-state index in [0.29, 0.717) is 36.6 Å². The Labute approximate surface area is 190 Å². The maximum atomic E-state index is 15.0. The van der Waals surface area contributed by atoms with E-state index < -0.39 is 17.2 Å². The van der Waals surface area contributed by atoms with Crippen molar-refractivity contribution in [3.05, 3.63) is 82.4 Å². The number of fused-ring (bicyclic) bond motifs is 2. The predicted molar refractivity (Wildman–Crippen MR) is 128 cm³/mol. The van der Waals surface area contributed by atoms with E-state index in [4.69, 9.17) is 4.74 Å². The van der Waals surface area contributed by atoms with Gasteiger partial charge >= 0.3 is 5.97 Å². The molecule has 168 valence electrons. The lowest BCUT2D eigenvalue weighted by atomic mass is 10.1. The summed E-state index contributed by atoms with van der Waals surface area (Å²) in [6, 6.07) is 16.0. The number of rotatable bonds is 4. The molecule has 0 amide bonds. The fourth-order valence-electron chi connectivity index (χ4n) is 4.35. The van der Waals surface area contributed by atoms with Crippen molar-refractivity contribution in [1.82, 2.24) is 9.88 Å². The van der Waals surface area contributed by atoms with E-state index in [-0.39, 0.29) is 10.9 Å². The first kappa shape index (κ1) is 21.2. The quantitative estimate of drug-likeness (QED) is 0.381. The third-order valence-corrected chi connectivity index (χ3v) is 6.10. The summed E-state index contributed by atoms with van der Waals surface area (Å²) in [4.78, 5) is 28.1. The summed E-state index contributed by atoms with van der Waals surface area (Å²) in [7, 11) is 0. The van der Waals surface area contributed by atoms with E-state index in [1.54, 1.807) is 22.8 Å². The number of aryl methyl sites for hydroxylation is 1. The van der Waals surface area contributed by atoms with Gasteiger partial charge in [-0.05, 0) is 42.0 Å². The number of piperazine rings is 1. The fourth-order valence-corrected chi connectivity index (χ4v) is 4.35. The average molecular weight is 445 g/mol. The molecule has 0 atom stereocenters. The first-order valence-corrected chi connectivity index (χ1v) is 11.1. The normalized spacial score (nSPS) is 14.1. The van der Waals surface area contributed by atoms with Gasteiger partial charge in [-0.2, -0.15) is 0 Å². The molecule has 0 aliphatic carbocycles. The molecule has 1 N–H and O–H groups in total. The van der Waals surface area contributed by atoms with Gasteiger partial charge in [0.05, 0.1) is 11.2 Å². The van der Waals surface area contributed by atoms with Crippen LogP contribution < -0.4 is 20.4 Å². The van der Waals surface area contributed by atoms with Crippen molar-refractivity contribution in [2.75, 3.05) is 31.1 Å². The summed E-state index contributed by atoms with van der Waals surface area (Å²) in [5, 5.41) is 5.37. The van der Waals surface area contributed by atoms with E-state index >= 15 is 4.39 Å². The highest BCUT2D eigenvalue weighted by Crippen LogP contribution is 2.26. The van der Waals surface area contributed by atoms with Gasteiger partial charge in [0.2, 0.25) is 5.43 Å². The Morgan fingerprint density at radius 1 is 1.06 bits per heavy atom. The maximum absolute atomic E-state index is 15.0. The molecule has 2 heterocycles. The van der Waals surface area contributed by atoms with Gasteiger partial charge in [0.15, 0.2) is 0 Å². The highest BCUT2D eigenvalue weighted by Gasteiger charge is 2.21. The first-order chi connectivity index (χ1) is 16.0. The van der Waals surface area contributed by atoms with Gasteiger partial charge in [-0.25, -0.2) is 9.18 Å². The van der Waals surface area contributed by atoms with Crippen LogP contribution in [0.25, 0.3) is 21.7 Å². The van der Waals surface area contributed by atoms with Gasteiger partial charge in [-0.1, -0.05) is 30.3 Å². The van der Waals surface area contributed by atoms with Crippen molar-refractivity contribution >= 4 is 33.3 Å². The van der Waals surface area contributed by atoms with E-state index in [2.05, 4.69) is 5.32 Å². The van der Waals surface area contributed by atoms with Gasteiger partial charge in [0.1, 0.15) is 17.1 Å². The number of carbonyl (C=O) groups is 1. The second-order valence-electron chi connectivity index (χ2n) is 8.11. The Bertz CT molecular complexity index is 1420. The Kier molecular flexibility index (Phi) is 5.56. The molecule has 6 nitrogen and oxygen atoms in total. The van der Waals surface area contributed by atoms with Gasteiger partial charge in [-0.3, -0.25) is 4.79 Å². The van der Waals surface area contributed by atoms with Crippen LogP contribution in [0.15, 0.2) is 65.6 Å². The average Bonchev–Trinajstić information content (AvgIpc) is 2.84. The molecule has 4 aromatic rings. The highest BCUT2D eigenvalue weighted by molar-refractivity contribution is 5.96. The van der Waals surface area contributed by atoms with Crippen LogP contribution in [0.5, 0.6) is 5.75 Å². The molecule has 0 spiro atoms. The second-order valence-corrected chi connectivity index (χ2v) is 8.11. The smallest absolute Gasteiger partial charge is 0.349 e. The number of ether oxygens (including phenoxy) is 1. The number of pyridine rings is 1. The number of nitrogens with zero attached hydrogens (tertiary/aromatic N) is 2. The van der Waals surface area contributed by atoms with Crippen LogP contribution in [0.2, 0.25) is 0 Å². The van der Waals surface area contributed by atoms with E-state index in [1.165, 1.54) is 12.3 Å². The van der Waals surface area contributed by atoms with Crippen LogP contribution >= 0.6 is 0 Å². The molecule has 1 saturated heterocycles. The number of hydrogen-bond donors (Lipinski definition) is 1. The van der Waals surface area contributed by atoms with E-state index in [9.17, 15) is 9.59 Å². The monoisotopic (exact) mass is 445 g/mol. The molecule has 0 unspecified atom stereocenters.